The number of hydrogen-bond donors (Lipinski definition) is 2. The summed E-state index contributed by atoms with van der Waals surface area (Å²) in [5.41, 5.74) is -0.462. The third-order valence-corrected chi connectivity index (χ3v) is 3.95. The lowest BCUT2D eigenvalue weighted by molar-refractivity contribution is -0.137. The minimum absolute atomic E-state index is 0.0244. The number of carbonyl (C=O) groups is 2. The van der Waals surface area contributed by atoms with Crippen LogP contribution < -0.4 is 15.5 Å². The highest BCUT2D eigenvalue weighted by Gasteiger charge is 2.33. The maximum absolute atomic E-state index is 13.0. The lowest BCUT2D eigenvalue weighted by Crippen LogP contribution is -2.37. The zero-order valence-electron chi connectivity index (χ0n) is 14.3. The number of cyclic esters (lactones) is 1. The average molecular weight is 397 g/mol. The van der Waals surface area contributed by atoms with Crippen molar-refractivity contribution in [2.45, 2.75) is 12.3 Å². The van der Waals surface area contributed by atoms with Gasteiger partial charge in [0.05, 0.1) is 18.7 Å². The summed E-state index contributed by atoms with van der Waals surface area (Å²) in [5.74, 6) is -0.444. The van der Waals surface area contributed by atoms with Crippen molar-refractivity contribution < 1.29 is 31.9 Å². The van der Waals surface area contributed by atoms with Gasteiger partial charge in [-0.15, -0.1) is 0 Å². The lowest BCUT2D eigenvalue weighted by atomic mass is 10.2. The molecule has 2 aromatic carbocycles. The topological polar surface area (TPSA) is 70.7 Å². The van der Waals surface area contributed by atoms with E-state index in [1.54, 1.807) is 0 Å². The van der Waals surface area contributed by atoms with E-state index in [4.69, 9.17) is 4.74 Å². The molecule has 3 amide bonds. The van der Waals surface area contributed by atoms with Crippen LogP contribution in [0.5, 0.6) is 0 Å². The van der Waals surface area contributed by atoms with Gasteiger partial charge in [-0.3, -0.25) is 4.90 Å². The van der Waals surface area contributed by atoms with Crippen molar-refractivity contribution in [3.05, 3.63) is 59.9 Å². The highest BCUT2D eigenvalue weighted by atomic mass is 19.4. The number of halogens is 4. The number of amides is 3. The van der Waals surface area contributed by atoms with Crippen LogP contribution in [0.25, 0.3) is 0 Å². The number of benzene rings is 2. The molecule has 148 valence electrons. The Kier molecular flexibility index (Phi) is 5.39. The molecule has 2 aromatic rings. The number of carbonyl (C=O) groups excluding carboxylic acids is 2. The van der Waals surface area contributed by atoms with Crippen LogP contribution in [-0.2, 0) is 10.9 Å². The van der Waals surface area contributed by atoms with Crippen LogP contribution in [0.2, 0.25) is 0 Å². The Morgan fingerprint density at radius 1 is 1.18 bits per heavy atom. The molecule has 0 aliphatic carbocycles. The molecular formula is C18H15F4N3O3. The summed E-state index contributed by atoms with van der Waals surface area (Å²) in [6.45, 7) is 0.0858. The van der Waals surface area contributed by atoms with Crippen LogP contribution in [0.4, 0.5) is 38.5 Å². The molecule has 0 aromatic heterocycles. The average Bonchev–Trinajstić information content (AvgIpc) is 3.01. The molecule has 1 aliphatic heterocycles. The highest BCUT2D eigenvalue weighted by molar-refractivity contribution is 5.91. The molecule has 3 rings (SSSR count). The maximum Gasteiger partial charge on any atom is 0.416 e. The first kappa shape index (κ1) is 19.5. The zero-order chi connectivity index (χ0) is 20.3. The van der Waals surface area contributed by atoms with Gasteiger partial charge >= 0.3 is 18.3 Å². The SMILES string of the molecule is O=C(NCC1CN(c2ccc(F)cc2)C(=O)O1)Nc1cccc(C(F)(F)F)c1. The van der Waals surface area contributed by atoms with Crippen molar-refractivity contribution >= 4 is 23.5 Å². The monoisotopic (exact) mass is 397 g/mol. The van der Waals surface area contributed by atoms with Gasteiger partial charge in [-0.05, 0) is 42.5 Å². The third-order valence-electron chi connectivity index (χ3n) is 3.95. The highest BCUT2D eigenvalue weighted by Crippen LogP contribution is 2.30. The smallest absolute Gasteiger partial charge is 0.416 e. The Morgan fingerprint density at radius 3 is 2.57 bits per heavy atom. The summed E-state index contributed by atoms with van der Waals surface area (Å²) in [7, 11) is 0. The largest absolute Gasteiger partial charge is 0.442 e. The van der Waals surface area contributed by atoms with Crippen LogP contribution in [0.15, 0.2) is 48.5 Å². The minimum Gasteiger partial charge on any atom is -0.442 e. The normalized spacial score (nSPS) is 16.6. The van der Waals surface area contributed by atoms with E-state index in [1.807, 2.05) is 0 Å². The summed E-state index contributed by atoms with van der Waals surface area (Å²) in [6.07, 6.45) is -5.82. The molecule has 1 unspecified atom stereocenters. The second-order valence-corrected chi connectivity index (χ2v) is 6.01. The van der Waals surface area contributed by atoms with Gasteiger partial charge in [-0.2, -0.15) is 13.2 Å². The molecule has 0 spiro atoms. The van der Waals surface area contributed by atoms with E-state index in [-0.39, 0.29) is 18.8 Å². The van der Waals surface area contributed by atoms with Crippen molar-refractivity contribution in [1.82, 2.24) is 5.32 Å². The number of ether oxygens (including phenoxy) is 1. The van der Waals surface area contributed by atoms with Crippen LogP contribution in [0.1, 0.15) is 5.56 Å². The molecule has 0 radical (unpaired) electrons. The molecule has 10 heteroatoms. The lowest BCUT2D eigenvalue weighted by Gasteiger charge is -2.13. The first-order chi connectivity index (χ1) is 13.2. The Morgan fingerprint density at radius 2 is 1.89 bits per heavy atom. The van der Waals surface area contributed by atoms with Gasteiger partial charge in [0.1, 0.15) is 11.9 Å². The predicted octanol–water partition coefficient (Wildman–Crippen LogP) is 3.99. The number of anilines is 2. The second kappa shape index (κ2) is 7.75. The molecule has 2 N–H and O–H groups in total. The van der Waals surface area contributed by atoms with Gasteiger partial charge in [0, 0.05) is 11.4 Å². The fourth-order valence-corrected chi connectivity index (χ4v) is 2.61. The van der Waals surface area contributed by atoms with E-state index < -0.39 is 35.8 Å². The fourth-order valence-electron chi connectivity index (χ4n) is 2.61. The van der Waals surface area contributed by atoms with E-state index in [2.05, 4.69) is 10.6 Å². The predicted molar refractivity (Wildman–Crippen MR) is 92.5 cm³/mol. The molecule has 0 bridgehead atoms. The van der Waals surface area contributed by atoms with Gasteiger partial charge in [-0.1, -0.05) is 6.07 Å². The van der Waals surface area contributed by atoms with Crippen molar-refractivity contribution in [3.8, 4) is 0 Å². The molecule has 1 fully saturated rings. The van der Waals surface area contributed by atoms with Gasteiger partial charge < -0.3 is 15.4 Å². The van der Waals surface area contributed by atoms with Gasteiger partial charge in [0.2, 0.25) is 0 Å². The second-order valence-electron chi connectivity index (χ2n) is 6.01. The summed E-state index contributed by atoms with van der Waals surface area (Å²) < 4.78 is 56.2. The van der Waals surface area contributed by atoms with Crippen LogP contribution >= 0.6 is 0 Å². The van der Waals surface area contributed by atoms with Crippen molar-refractivity contribution in [2.75, 3.05) is 23.3 Å². The van der Waals surface area contributed by atoms with Crippen molar-refractivity contribution in [3.63, 3.8) is 0 Å². The van der Waals surface area contributed by atoms with E-state index in [1.165, 1.54) is 41.3 Å². The summed E-state index contributed by atoms with van der Waals surface area (Å²) in [5, 5.41) is 4.73. The van der Waals surface area contributed by atoms with Crippen LogP contribution in [0.3, 0.4) is 0 Å². The Balaban J connectivity index is 1.53. The van der Waals surface area contributed by atoms with E-state index in [0.717, 1.165) is 12.1 Å². The molecular weight excluding hydrogens is 382 g/mol. The molecule has 0 saturated carbocycles. The molecule has 1 saturated heterocycles. The standard InChI is InChI=1S/C18H15F4N3O3/c19-12-4-6-14(7-5-12)25-10-15(28-17(25)27)9-23-16(26)24-13-3-1-2-11(8-13)18(20,21)22/h1-8,15H,9-10H2,(H2,23,24,26). The van der Waals surface area contributed by atoms with Crippen LogP contribution in [0, 0.1) is 5.82 Å². The minimum atomic E-state index is -4.52. The summed E-state index contributed by atoms with van der Waals surface area (Å²) in [4.78, 5) is 25.1. The van der Waals surface area contributed by atoms with E-state index in [0.29, 0.717) is 5.69 Å². The Labute approximate surface area is 157 Å². The summed E-state index contributed by atoms with van der Waals surface area (Å²) >= 11 is 0. The zero-order valence-corrected chi connectivity index (χ0v) is 14.3. The fraction of sp³-hybridized carbons (Fsp3) is 0.222. The quantitative estimate of drug-likeness (QED) is 0.767. The number of alkyl halides is 3. The molecule has 6 nitrogen and oxygen atoms in total. The van der Waals surface area contributed by atoms with Gasteiger partial charge in [0.25, 0.3) is 0 Å². The molecule has 1 heterocycles. The van der Waals surface area contributed by atoms with Crippen LogP contribution in [-0.4, -0.2) is 31.3 Å². The molecule has 1 aliphatic rings. The first-order valence-corrected chi connectivity index (χ1v) is 8.18. The number of hydrogen-bond acceptors (Lipinski definition) is 3. The number of nitrogens with one attached hydrogen (secondary N) is 2. The number of rotatable bonds is 4. The number of nitrogens with zero attached hydrogens (tertiary/aromatic N) is 1. The Bertz CT molecular complexity index is 871. The van der Waals surface area contributed by atoms with Gasteiger partial charge in [-0.25, -0.2) is 14.0 Å². The van der Waals surface area contributed by atoms with Crippen molar-refractivity contribution in [2.24, 2.45) is 0 Å². The summed E-state index contributed by atoms with van der Waals surface area (Å²) in [6, 6.07) is 8.72. The first-order valence-electron chi connectivity index (χ1n) is 8.18. The third kappa shape index (κ3) is 4.70. The molecule has 28 heavy (non-hydrogen) atoms. The molecule has 1 atom stereocenters. The van der Waals surface area contributed by atoms with E-state index >= 15 is 0 Å². The number of urea groups is 1. The Hall–Kier alpha value is -3.30. The van der Waals surface area contributed by atoms with E-state index in [9.17, 15) is 27.2 Å². The van der Waals surface area contributed by atoms with Crippen molar-refractivity contribution in [1.29, 1.82) is 0 Å². The maximum atomic E-state index is 13.0. The van der Waals surface area contributed by atoms with Gasteiger partial charge in [0.15, 0.2) is 0 Å².